The minimum absolute atomic E-state index is 0.0430. The fourth-order valence-electron chi connectivity index (χ4n) is 3.00. The Hall–Kier alpha value is -3.40. The lowest BCUT2D eigenvalue weighted by atomic mass is 10.0. The first-order chi connectivity index (χ1) is 12.1. The second-order valence-electron chi connectivity index (χ2n) is 5.87. The van der Waals surface area contributed by atoms with Crippen LogP contribution in [0.2, 0.25) is 0 Å². The van der Waals surface area contributed by atoms with Crippen LogP contribution in [-0.2, 0) is 4.79 Å². The molecule has 1 heterocycles. The van der Waals surface area contributed by atoms with Crippen LogP contribution in [0.4, 0.5) is 5.69 Å². The summed E-state index contributed by atoms with van der Waals surface area (Å²) in [6.45, 7) is 1.47. The summed E-state index contributed by atoms with van der Waals surface area (Å²) >= 11 is 0. The van der Waals surface area contributed by atoms with Gasteiger partial charge in [-0.1, -0.05) is 36.4 Å². The third kappa shape index (κ3) is 2.68. The molecule has 25 heavy (non-hydrogen) atoms. The molecule has 4 rings (SSSR count). The van der Waals surface area contributed by atoms with Crippen LogP contribution in [0.1, 0.15) is 6.92 Å². The first kappa shape index (κ1) is 15.1. The van der Waals surface area contributed by atoms with Gasteiger partial charge in [0, 0.05) is 18.2 Å². The van der Waals surface area contributed by atoms with Crippen molar-refractivity contribution in [1.29, 1.82) is 0 Å². The maximum absolute atomic E-state index is 12.6. The van der Waals surface area contributed by atoms with Crippen molar-refractivity contribution in [1.82, 2.24) is 0 Å². The molecule has 0 saturated heterocycles. The predicted molar refractivity (Wildman–Crippen MR) is 99.7 cm³/mol. The van der Waals surface area contributed by atoms with Gasteiger partial charge in [0.2, 0.25) is 11.3 Å². The van der Waals surface area contributed by atoms with E-state index in [1.165, 1.54) is 6.92 Å². The van der Waals surface area contributed by atoms with Crippen molar-refractivity contribution in [2.75, 3.05) is 5.32 Å². The molecule has 0 saturated carbocycles. The molecule has 1 aromatic heterocycles. The Morgan fingerprint density at radius 3 is 2.44 bits per heavy atom. The van der Waals surface area contributed by atoms with Crippen LogP contribution < -0.4 is 10.7 Å². The van der Waals surface area contributed by atoms with E-state index in [1.807, 2.05) is 48.5 Å². The summed E-state index contributed by atoms with van der Waals surface area (Å²) in [5.41, 5.74) is 3.51. The Morgan fingerprint density at radius 2 is 1.60 bits per heavy atom. The largest absolute Gasteiger partial charge is 0.456 e. The van der Waals surface area contributed by atoms with E-state index in [0.717, 1.165) is 16.8 Å². The van der Waals surface area contributed by atoms with Gasteiger partial charge in [0.1, 0.15) is 11.2 Å². The van der Waals surface area contributed by atoms with Crippen molar-refractivity contribution < 1.29 is 9.21 Å². The first-order valence-corrected chi connectivity index (χ1v) is 7.96. The van der Waals surface area contributed by atoms with E-state index in [9.17, 15) is 9.59 Å². The van der Waals surface area contributed by atoms with Crippen LogP contribution in [0.5, 0.6) is 0 Å². The van der Waals surface area contributed by atoms with Crippen molar-refractivity contribution in [3.05, 3.63) is 77.0 Å². The molecule has 1 amide bonds. The van der Waals surface area contributed by atoms with Gasteiger partial charge in [0.05, 0.1) is 10.8 Å². The van der Waals surface area contributed by atoms with Crippen molar-refractivity contribution >= 4 is 33.5 Å². The molecule has 0 spiro atoms. The number of fused-ring (bicyclic) bond motifs is 2. The summed E-state index contributed by atoms with van der Waals surface area (Å²) in [5.74, 6) is -0.134. The normalized spacial score (nSPS) is 10.9. The summed E-state index contributed by atoms with van der Waals surface area (Å²) in [4.78, 5) is 24.1. The minimum Gasteiger partial charge on any atom is -0.456 e. The molecule has 122 valence electrons. The number of nitrogens with one attached hydrogen (secondary N) is 1. The van der Waals surface area contributed by atoms with Gasteiger partial charge in [0.15, 0.2) is 0 Å². The quantitative estimate of drug-likeness (QED) is 0.548. The highest BCUT2D eigenvalue weighted by molar-refractivity contribution is 5.96. The van der Waals surface area contributed by atoms with Crippen molar-refractivity contribution in [3.8, 4) is 11.1 Å². The fraction of sp³-hybridized carbons (Fsp3) is 0.0476. The summed E-state index contributed by atoms with van der Waals surface area (Å²) < 4.78 is 5.92. The third-order valence-electron chi connectivity index (χ3n) is 4.13. The zero-order valence-corrected chi connectivity index (χ0v) is 13.6. The topological polar surface area (TPSA) is 59.3 Å². The van der Waals surface area contributed by atoms with Crippen molar-refractivity contribution in [2.24, 2.45) is 0 Å². The fourth-order valence-corrected chi connectivity index (χ4v) is 3.00. The smallest absolute Gasteiger partial charge is 0.221 e. The average molecular weight is 329 g/mol. The van der Waals surface area contributed by atoms with E-state index in [0.29, 0.717) is 21.9 Å². The van der Waals surface area contributed by atoms with E-state index in [4.69, 9.17) is 4.42 Å². The molecule has 4 heteroatoms. The van der Waals surface area contributed by atoms with E-state index in [2.05, 4.69) is 5.32 Å². The molecule has 0 radical (unpaired) electrons. The Kier molecular flexibility index (Phi) is 3.58. The van der Waals surface area contributed by atoms with Crippen LogP contribution in [-0.4, -0.2) is 5.91 Å². The van der Waals surface area contributed by atoms with Crippen LogP contribution in [0.3, 0.4) is 0 Å². The molecule has 1 N–H and O–H groups in total. The van der Waals surface area contributed by atoms with E-state index in [-0.39, 0.29) is 11.3 Å². The molecule has 4 aromatic rings. The Morgan fingerprint density at radius 1 is 0.880 bits per heavy atom. The number of rotatable bonds is 2. The minimum atomic E-state index is -0.134. The summed E-state index contributed by atoms with van der Waals surface area (Å²) in [6.07, 6.45) is 0. The highest BCUT2D eigenvalue weighted by Gasteiger charge is 2.11. The number of carbonyl (C=O) groups excluding carboxylic acids is 1. The summed E-state index contributed by atoms with van der Waals surface area (Å²) in [7, 11) is 0. The standard InChI is InChI=1S/C21H15NO3/c1-13(23)22-18-8-4-2-6-15(18)14-10-11-17-20(12-14)25-19-9-5-3-7-16(19)21(17)24/h2-12H,1H3,(H,22,23). The highest BCUT2D eigenvalue weighted by atomic mass is 16.3. The zero-order chi connectivity index (χ0) is 17.4. The van der Waals surface area contributed by atoms with Crippen LogP contribution in [0.15, 0.2) is 75.9 Å². The Bertz CT molecular complexity index is 1170. The molecule has 3 aromatic carbocycles. The SMILES string of the molecule is CC(=O)Nc1ccccc1-c1ccc2c(=O)c3ccccc3oc2c1. The van der Waals surface area contributed by atoms with Crippen LogP contribution in [0.25, 0.3) is 33.1 Å². The number of benzene rings is 3. The molecule has 0 atom stereocenters. The third-order valence-corrected chi connectivity index (χ3v) is 4.13. The number of anilines is 1. The molecule has 0 unspecified atom stereocenters. The molecule has 0 aliphatic heterocycles. The second kappa shape index (κ2) is 5.91. The average Bonchev–Trinajstić information content (AvgIpc) is 2.61. The number of carbonyl (C=O) groups is 1. The lowest BCUT2D eigenvalue weighted by Crippen LogP contribution is -2.07. The maximum Gasteiger partial charge on any atom is 0.221 e. The van der Waals surface area contributed by atoms with Gasteiger partial charge in [-0.2, -0.15) is 0 Å². The summed E-state index contributed by atoms with van der Waals surface area (Å²) in [5, 5.41) is 3.94. The van der Waals surface area contributed by atoms with E-state index >= 15 is 0 Å². The lowest BCUT2D eigenvalue weighted by Gasteiger charge is -2.10. The van der Waals surface area contributed by atoms with Gasteiger partial charge in [-0.15, -0.1) is 0 Å². The van der Waals surface area contributed by atoms with Crippen LogP contribution in [0, 0.1) is 0 Å². The predicted octanol–water partition coefficient (Wildman–Crippen LogP) is 4.57. The maximum atomic E-state index is 12.6. The number of hydrogen-bond donors (Lipinski definition) is 1. The van der Waals surface area contributed by atoms with Gasteiger partial charge in [-0.3, -0.25) is 9.59 Å². The Balaban J connectivity index is 1.95. The molecule has 0 aliphatic rings. The molecule has 4 nitrogen and oxygen atoms in total. The molecule has 0 bridgehead atoms. The highest BCUT2D eigenvalue weighted by Crippen LogP contribution is 2.30. The second-order valence-corrected chi connectivity index (χ2v) is 5.87. The zero-order valence-electron chi connectivity index (χ0n) is 13.6. The van der Waals surface area contributed by atoms with E-state index in [1.54, 1.807) is 18.2 Å². The number of para-hydroxylation sites is 2. The van der Waals surface area contributed by atoms with Gasteiger partial charge < -0.3 is 9.73 Å². The number of amides is 1. The monoisotopic (exact) mass is 329 g/mol. The van der Waals surface area contributed by atoms with Gasteiger partial charge in [-0.25, -0.2) is 0 Å². The number of hydrogen-bond acceptors (Lipinski definition) is 3. The van der Waals surface area contributed by atoms with E-state index < -0.39 is 0 Å². The molecule has 0 aliphatic carbocycles. The van der Waals surface area contributed by atoms with Crippen molar-refractivity contribution in [2.45, 2.75) is 6.92 Å². The summed E-state index contributed by atoms with van der Waals surface area (Å²) in [6, 6.07) is 20.2. The van der Waals surface area contributed by atoms with Crippen LogP contribution >= 0.6 is 0 Å². The Labute approximate surface area is 143 Å². The van der Waals surface area contributed by atoms with Gasteiger partial charge >= 0.3 is 0 Å². The molecular weight excluding hydrogens is 314 g/mol. The van der Waals surface area contributed by atoms with Gasteiger partial charge in [0.25, 0.3) is 0 Å². The molecular formula is C21H15NO3. The van der Waals surface area contributed by atoms with Crippen molar-refractivity contribution in [3.63, 3.8) is 0 Å². The molecule has 0 fully saturated rings. The first-order valence-electron chi connectivity index (χ1n) is 7.96. The van der Waals surface area contributed by atoms with Gasteiger partial charge in [-0.05, 0) is 35.9 Å². The lowest BCUT2D eigenvalue weighted by molar-refractivity contribution is -0.114.